The fraction of sp³-hybridized carbons (Fsp3) is 0.333. The van der Waals surface area contributed by atoms with E-state index in [4.69, 9.17) is 0 Å². The molecule has 21 heavy (non-hydrogen) atoms. The molecule has 0 saturated carbocycles. The molecule has 2 N–H and O–H groups in total. The Labute approximate surface area is 131 Å². The summed E-state index contributed by atoms with van der Waals surface area (Å²) in [5.41, 5.74) is -0.0597. The second-order valence-electron chi connectivity index (χ2n) is 5.52. The van der Waals surface area contributed by atoms with Gasteiger partial charge in [0.15, 0.2) is 0 Å². The molecule has 6 heteroatoms. The zero-order valence-electron chi connectivity index (χ0n) is 12.2. The van der Waals surface area contributed by atoms with E-state index in [0.29, 0.717) is 10.0 Å². The van der Waals surface area contributed by atoms with E-state index in [1.54, 1.807) is 12.1 Å². The summed E-state index contributed by atoms with van der Waals surface area (Å²) in [6.07, 6.45) is 2.55. The molecule has 0 aliphatic carbocycles. The number of hydrogen-bond donors (Lipinski definition) is 2. The van der Waals surface area contributed by atoms with Gasteiger partial charge in [-0.25, -0.2) is 4.39 Å². The number of nitrogens with one attached hydrogen (secondary N) is 2. The summed E-state index contributed by atoms with van der Waals surface area (Å²) in [6, 6.07) is 4.44. The normalized spacial score (nSPS) is 11.5. The average molecular weight is 357 g/mol. The van der Waals surface area contributed by atoms with Crippen LogP contribution in [0.4, 0.5) is 4.39 Å². The first-order valence-corrected chi connectivity index (χ1v) is 7.19. The summed E-state index contributed by atoms with van der Waals surface area (Å²) in [4.78, 5) is 23.1. The Hall–Kier alpha value is -1.69. The van der Waals surface area contributed by atoms with Gasteiger partial charge in [0.2, 0.25) is 11.8 Å². The lowest BCUT2D eigenvalue weighted by molar-refractivity contribution is -0.124. The summed E-state index contributed by atoms with van der Waals surface area (Å²) < 4.78 is 14.2. The minimum Gasteiger partial charge on any atom is -0.350 e. The van der Waals surface area contributed by atoms with E-state index in [-0.39, 0.29) is 18.0 Å². The second-order valence-corrected chi connectivity index (χ2v) is 6.43. The highest BCUT2D eigenvalue weighted by atomic mass is 79.9. The second kappa shape index (κ2) is 7.36. The minimum absolute atomic E-state index is 0.124. The van der Waals surface area contributed by atoms with E-state index < -0.39 is 11.7 Å². The summed E-state index contributed by atoms with van der Waals surface area (Å²) in [5.74, 6) is -1.16. The highest BCUT2D eigenvalue weighted by molar-refractivity contribution is 9.10. The van der Waals surface area contributed by atoms with Gasteiger partial charge in [-0.15, -0.1) is 0 Å². The predicted molar refractivity (Wildman–Crippen MR) is 84.0 cm³/mol. The molecule has 0 unspecified atom stereocenters. The molecule has 4 nitrogen and oxygen atoms in total. The maximum atomic E-state index is 13.5. The highest BCUT2D eigenvalue weighted by Crippen LogP contribution is 2.16. The number of carbonyl (C=O) groups excluding carboxylic acids is 2. The molecule has 1 rings (SSSR count). The standard InChI is InChI=1S/C15H18BrFN2O2/c1-15(2,3)19-14(21)9-18-13(20)7-4-10-8-11(16)5-6-12(10)17/h4-8H,9H2,1-3H3,(H,18,20)(H,19,21)/b7-4+. The quantitative estimate of drug-likeness (QED) is 0.814. The van der Waals surface area contributed by atoms with Crippen LogP contribution in [0.5, 0.6) is 0 Å². The van der Waals surface area contributed by atoms with Crippen molar-refractivity contribution in [1.82, 2.24) is 10.6 Å². The van der Waals surface area contributed by atoms with Gasteiger partial charge in [0, 0.05) is 21.7 Å². The maximum absolute atomic E-state index is 13.5. The summed E-state index contributed by atoms with van der Waals surface area (Å²) in [6.45, 7) is 5.43. The van der Waals surface area contributed by atoms with Gasteiger partial charge in [0.25, 0.3) is 0 Å². The molecule has 0 aliphatic heterocycles. The molecule has 0 heterocycles. The van der Waals surface area contributed by atoms with Crippen molar-refractivity contribution in [3.63, 3.8) is 0 Å². The Balaban J connectivity index is 2.52. The smallest absolute Gasteiger partial charge is 0.244 e. The maximum Gasteiger partial charge on any atom is 0.244 e. The molecule has 0 aliphatic rings. The molecule has 114 valence electrons. The third-order valence-corrected chi connectivity index (χ3v) is 2.80. The van der Waals surface area contributed by atoms with E-state index in [0.717, 1.165) is 0 Å². The number of halogens is 2. The van der Waals surface area contributed by atoms with Crippen LogP contribution in [0.3, 0.4) is 0 Å². The topological polar surface area (TPSA) is 58.2 Å². The SMILES string of the molecule is CC(C)(C)NC(=O)CNC(=O)/C=C/c1cc(Br)ccc1F. The Morgan fingerprint density at radius 1 is 1.33 bits per heavy atom. The van der Waals surface area contributed by atoms with Crippen molar-refractivity contribution in [2.75, 3.05) is 6.54 Å². The zero-order chi connectivity index (χ0) is 16.0. The lowest BCUT2D eigenvalue weighted by Gasteiger charge is -2.20. The summed E-state index contributed by atoms with van der Waals surface area (Å²) >= 11 is 3.23. The van der Waals surface area contributed by atoms with E-state index in [1.807, 2.05) is 20.8 Å². The molecule has 1 aromatic rings. The third-order valence-electron chi connectivity index (χ3n) is 2.31. The van der Waals surface area contributed by atoms with Crippen molar-refractivity contribution < 1.29 is 14.0 Å². The van der Waals surface area contributed by atoms with Crippen LogP contribution in [-0.4, -0.2) is 23.9 Å². The van der Waals surface area contributed by atoms with Gasteiger partial charge in [-0.05, 0) is 45.0 Å². The van der Waals surface area contributed by atoms with Crippen LogP contribution in [-0.2, 0) is 9.59 Å². The molecule has 0 spiro atoms. The van der Waals surface area contributed by atoms with E-state index in [9.17, 15) is 14.0 Å². The first-order valence-electron chi connectivity index (χ1n) is 6.39. The molecule has 0 aromatic heterocycles. The molecule has 2 amide bonds. The largest absolute Gasteiger partial charge is 0.350 e. The molecule has 1 aromatic carbocycles. The number of hydrogen-bond acceptors (Lipinski definition) is 2. The molecular weight excluding hydrogens is 339 g/mol. The number of amides is 2. The number of benzene rings is 1. The van der Waals surface area contributed by atoms with Crippen molar-refractivity contribution in [2.45, 2.75) is 26.3 Å². The monoisotopic (exact) mass is 356 g/mol. The Morgan fingerprint density at radius 3 is 2.62 bits per heavy atom. The van der Waals surface area contributed by atoms with E-state index in [2.05, 4.69) is 26.6 Å². The van der Waals surface area contributed by atoms with Crippen molar-refractivity contribution in [3.8, 4) is 0 Å². The van der Waals surface area contributed by atoms with Crippen LogP contribution >= 0.6 is 15.9 Å². The molecule has 0 atom stereocenters. The highest BCUT2D eigenvalue weighted by Gasteiger charge is 2.13. The first-order chi connectivity index (χ1) is 9.67. The van der Waals surface area contributed by atoms with Gasteiger partial charge < -0.3 is 10.6 Å². The van der Waals surface area contributed by atoms with Crippen LogP contribution in [0.25, 0.3) is 6.08 Å². The minimum atomic E-state index is -0.460. The van der Waals surface area contributed by atoms with Crippen LogP contribution in [0.15, 0.2) is 28.7 Å². The van der Waals surface area contributed by atoms with Crippen LogP contribution in [0.1, 0.15) is 26.3 Å². The summed E-state index contributed by atoms with van der Waals surface area (Å²) in [7, 11) is 0. The van der Waals surface area contributed by atoms with E-state index >= 15 is 0 Å². The van der Waals surface area contributed by atoms with Crippen molar-refractivity contribution in [3.05, 3.63) is 40.1 Å². The van der Waals surface area contributed by atoms with Crippen molar-refractivity contribution in [2.24, 2.45) is 0 Å². The van der Waals surface area contributed by atoms with Gasteiger partial charge in [-0.3, -0.25) is 9.59 Å². The van der Waals surface area contributed by atoms with Gasteiger partial charge in [-0.1, -0.05) is 15.9 Å². The van der Waals surface area contributed by atoms with Gasteiger partial charge in [0.1, 0.15) is 5.82 Å². The van der Waals surface area contributed by atoms with Crippen LogP contribution in [0, 0.1) is 5.82 Å². The van der Waals surface area contributed by atoms with Crippen molar-refractivity contribution in [1.29, 1.82) is 0 Å². The Kier molecular flexibility index (Phi) is 6.08. The fourth-order valence-corrected chi connectivity index (χ4v) is 1.88. The molecule has 0 fully saturated rings. The molecule has 0 radical (unpaired) electrons. The van der Waals surface area contributed by atoms with Crippen LogP contribution < -0.4 is 10.6 Å². The summed E-state index contributed by atoms with van der Waals surface area (Å²) in [5, 5.41) is 5.16. The zero-order valence-corrected chi connectivity index (χ0v) is 13.8. The van der Waals surface area contributed by atoms with Crippen molar-refractivity contribution >= 4 is 33.8 Å². The number of carbonyl (C=O) groups is 2. The van der Waals surface area contributed by atoms with E-state index in [1.165, 1.54) is 18.2 Å². The average Bonchev–Trinajstić information content (AvgIpc) is 2.35. The molecule has 0 saturated heterocycles. The lowest BCUT2D eigenvalue weighted by atomic mass is 10.1. The molecular formula is C15H18BrFN2O2. The lowest BCUT2D eigenvalue weighted by Crippen LogP contribution is -2.45. The first kappa shape index (κ1) is 17.4. The van der Waals surface area contributed by atoms with Gasteiger partial charge in [-0.2, -0.15) is 0 Å². The van der Waals surface area contributed by atoms with Crippen LogP contribution in [0.2, 0.25) is 0 Å². The predicted octanol–water partition coefficient (Wildman–Crippen LogP) is 2.63. The Morgan fingerprint density at radius 2 is 2.00 bits per heavy atom. The number of rotatable bonds is 4. The third kappa shape index (κ3) is 7.04. The Bertz CT molecular complexity index is 565. The van der Waals surface area contributed by atoms with Gasteiger partial charge in [0.05, 0.1) is 6.54 Å². The van der Waals surface area contributed by atoms with Gasteiger partial charge >= 0.3 is 0 Å². The molecule has 0 bridgehead atoms. The fourth-order valence-electron chi connectivity index (χ4n) is 1.50.